The molecular weight excluding hydrogens is 473 g/mol. The molecule has 7 heteroatoms. The van der Waals surface area contributed by atoms with Crippen LogP contribution >= 0.6 is 35.0 Å². The lowest BCUT2D eigenvalue weighted by atomic mass is 9.87. The summed E-state index contributed by atoms with van der Waals surface area (Å²) in [6.45, 7) is 6.62. The Hall–Kier alpha value is -2.47. The van der Waals surface area contributed by atoms with Gasteiger partial charge in [0.25, 0.3) is 0 Å². The van der Waals surface area contributed by atoms with E-state index in [1.807, 2.05) is 36.4 Å². The zero-order valence-electron chi connectivity index (χ0n) is 19.0. The van der Waals surface area contributed by atoms with E-state index < -0.39 is 0 Å². The van der Waals surface area contributed by atoms with Crippen LogP contribution in [0.25, 0.3) is 17.1 Å². The van der Waals surface area contributed by atoms with Gasteiger partial charge in [-0.2, -0.15) is 0 Å². The molecule has 0 amide bonds. The van der Waals surface area contributed by atoms with E-state index in [-0.39, 0.29) is 5.41 Å². The maximum atomic E-state index is 6.38. The highest BCUT2D eigenvalue weighted by atomic mass is 35.5. The van der Waals surface area contributed by atoms with Crippen LogP contribution in [0.1, 0.15) is 31.9 Å². The third-order valence-corrected chi connectivity index (χ3v) is 6.91. The zero-order chi connectivity index (χ0) is 23.6. The minimum Gasteiger partial charge on any atom is -0.497 e. The van der Waals surface area contributed by atoms with Crippen molar-refractivity contribution in [3.8, 4) is 22.8 Å². The summed E-state index contributed by atoms with van der Waals surface area (Å²) in [6, 6.07) is 22.0. The first kappa shape index (κ1) is 23.7. The molecule has 0 aliphatic rings. The summed E-state index contributed by atoms with van der Waals surface area (Å²) in [7, 11) is 1.66. The summed E-state index contributed by atoms with van der Waals surface area (Å²) in [6.07, 6.45) is 0. The topological polar surface area (TPSA) is 39.9 Å². The molecular formula is C26H25Cl2N3OS. The lowest BCUT2D eigenvalue weighted by molar-refractivity contribution is 0.414. The van der Waals surface area contributed by atoms with Crippen molar-refractivity contribution in [2.24, 2.45) is 0 Å². The van der Waals surface area contributed by atoms with Crippen LogP contribution in [0, 0.1) is 0 Å². The highest BCUT2D eigenvalue weighted by Crippen LogP contribution is 2.33. The number of nitrogens with zero attached hydrogens (tertiary/aromatic N) is 3. The van der Waals surface area contributed by atoms with E-state index in [1.54, 1.807) is 24.9 Å². The van der Waals surface area contributed by atoms with Gasteiger partial charge in [0.2, 0.25) is 0 Å². The number of halogens is 2. The largest absolute Gasteiger partial charge is 0.497 e. The standard InChI is InChI=1S/C26H25Cl2N3OS/c1-26(2,3)19-8-5-17(6-9-19)24-29-30-25(31(24)21-11-13-22(32-4)14-12-21)33-16-18-7-10-20(27)15-23(18)28/h5-15H,16H2,1-4H3. The fraction of sp³-hybridized carbons (Fsp3) is 0.231. The van der Waals surface area contributed by atoms with E-state index in [9.17, 15) is 0 Å². The predicted molar refractivity (Wildman–Crippen MR) is 138 cm³/mol. The summed E-state index contributed by atoms with van der Waals surface area (Å²) < 4.78 is 7.40. The summed E-state index contributed by atoms with van der Waals surface area (Å²) >= 11 is 14.0. The Morgan fingerprint density at radius 1 is 0.909 bits per heavy atom. The molecule has 0 saturated carbocycles. The summed E-state index contributed by atoms with van der Waals surface area (Å²) in [4.78, 5) is 0. The van der Waals surface area contributed by atoms with E-state index in [0.29, 0.717) is 15.8 Å². The molecule has 3 aromatic carbocycles. The molecule has 0 N–H and O–H groups in total. The molecule has 4 aromatic rings. The molecule has 170 valence electrons. The molecule has 33 heavy (non-hydrogen) atoms. The average Bonchev–Trinajstić information content (AvgIpc) is 3.22. The van der Waals surface area contributed by atoms with E-state index >= 15 is 0 Å². The van der Waals surface area contributed by atoms with Crippen molar-refractivity contribution >= 4 is 35.0 Å². The Morgan fingerprint density at radius 3 is 2.21 bits per heavy atom. The van der Waals surface area contributed by atoms with Gasteiger partial charge in [-0.05, 0) is 52.9 Å². The summed E-state index contributed by atoms with van der Waals surface area (Å²) in [5, 5.41) is 11.1. The van der Waals surface area contributed by atoms with Crippen LogP contribution in [0.3, 0.4) is 0 Å². The molecule has 0 aliphatic heterocycles. The molecule has 0 spiro atoms. The van der Waals surface area contributed by atoms with Gasteiger partial charge in [0.1, 0.15) is 5.75 Å². The number of methoxy groups -OCH3 is 1. The quantitative estimate of drug-likeness (QED) is 0.254. The number of rotatable bonds is 6. The number of thioether (sulfide) groups is 1. The molecule has 0 radical (unpaired) electrons. The Kier molecular flexibility index (Phi) is 7.03. The van der Waals surface area contributed by atoms with E-state index in [4.69, 9.17) is 27.9 Å². The van der Waals surface area contributed by atoms with E-state index in [1.165, 1.54) is 5.56 Å². The fourth-order valence-corrected chi connectivity index (χ4v) is 4.93. The van der Waals surface area contributed by atoms with Gasteiger partial charge in [-0.3, -0.25) is 4.57 Å². The Morgan fingerprint density at radius 2 is 1.61 bits per heavy atom. The van der Waals surface area contributed by atoms with Crippen molar-refractivity contribution in [2.75, 3.05) is 7.11 Å². The molecule has 1 aromatic heterocycles. The molecule has 4 rings (SSSR count). The Bertz CT molecular complexity index is 1250. The second kappa shape index (κ2) is 9.80. The van der Waals surface area contributed by atoms with Crippen LogP contribution < -0.4 is 4.74 Å². The predicted octanol–water partition coefficient (Wildman–Crippen LogP) is 7.84. The smallest absolute Gasteiger partial charge is 0.196 e. The second-order valence-electron chi connectivity index (χ2n) is 8.69. The van der Waals surface area contributed by atoms with Crippen LogP contribution in [0.15, 0.2) is 71.9 Å². The number of aromatic nitrogens is 3. The van der Waals surface area contributed by atoms with Crippen LogP contribution in [0.4, 0.5) is 0 Å². The molecule has 4 nitrogen and oxygen atoms in total. The minimum absolute atomic E-state index is 0.0844. The zero-order valence-corrected chi connectivity index (χ0v) is 21.3. The number of benzene rings is 3. The van der Waals surface area contributed by atoms with Gasteiger partial charge in [0.05, 0.1) is 7.11 Å². The first-order valence-electron chi connectivity index (χ1n) is 10.5. The molecule has 1 heterocycles. The van der Waals surface area contributed by atoms with Gasteiger partial charge < -0.3 is 4.74 Å². The van der Waals surface area contributed by atoms with E-state index in [0.717, 1.165) is 33.5 Å². The maximum absolute atomic E-state index is 6.38. The lowest BCUT2D eigenvalue weighted by Gasteiger charge is -2.19. The maximum Gasteiger partial charge on any atom is 0.196 e. The van der Waals surface area contributed by atoms with Crippen molar-refractivity contribution in [1.29, 1.82) is 0 Å². The van der Waals surface area contributed by atoms with Crippen molar-refractivity contribution in [2.45, 2.75) is 37.1 Å². The van der Waals surface area contributed by atoms with Crippen molar-refractivity contribution < 1.29 is 4.74 Å². The normalized spacial score (nSPS) is 11.6. The Balaban J connectivity index is 1.73. The third kappa shape index (κ3) is 5.37. The summed E-state index contributed by atoms with van der Waals surface area (Å²) in [5.74, 6) is 2.23. The van der Waals surface area contributed by atoms with Crippen LogP contribution in [-0.2, 0) is 11.2 Å². The van der Waals surface area contributed by atoms with Gasteiger partial charge in [0.15, 0.2) is 11.0 Å². The highest BCUT2D eigenvalue weighted by Gasteiger charge is 2.19. The first-order chi connectivity index (χ1) is 15.8. The number of hydrogen-bond acceptors (Lipinski definition) is 4. The van der Waals surface area contributed by atoms with Crippen LogP contribution in [-0.4, -0.2) is 21.9 Å². The van der Waals surface area contributed by atoms with Gasteiger partial charge in [-0.1, -0.05) is 86.1 Å². The van der Waals surface area contributed by atoms with Crippen molar-refractivity contribution in [1.82, 2.24) is 14.8 Å². The molecule has 0 bridgehead atoms. The summed E-state index contributed by atoms with van der Waals surface area (Å²) in [5.41, 5.74) is 4.31. The number of hydrogen-bond donors (Lipinski definition) is 0. The van der Waals surface area contributed by atoms with Gasteiger partial charge in [-0.15, -0.1) is 10.2 Å². The monoisotopic (exact) mass is 497 g/mol. The van der Waals surface area contributed by atoms with Crippen LogP contribution in [0.2, 0.25) is 10.0 Å². The number of ether oxygens (including phenoxy) is 1. The third-order valence-electron chi connectivity index (χ3n) is 5.34. The molecule has 0 saturated heterocycles. The fourth-order valence-electron chi connectivity index (χ4n) is 3.41. The second-order valence-corrected chi connectivity index (χ2v) is 10.5. The molecule has 0 unspecified atom stereocenters. The molecule has 0 atom stereocenters. The van der Waals surface area contributed by atoms with Gasteiger partial charge in [-0.25, -0.2) is 0 Å². The molecule has 0 fully saturated rings. The van der Waals surface area contributed by atoms with Gasteiger partial charge in [0, 0.05) is 27.0 Å². The van der Waals surface area contributed by atoms with Gasteiger partial charge >= 0.3 is 0 Å². The first-order valence-corrected chi connectivity index (χ1v) is 12.3. The van der Waals surface area contributed by atoms with Crippen LogP contribution in [0.5, 0.6) is 5.75 Å². The van der Waals surface area contributed by atoms with Crippen molar-refractivity contribution in [3.05, 3.63) is 87.9 Å². The Labute approximate surface area is 208 Å². The average molecular weight is 498 g/mol. The van der Waals surface area contributed by atoms with Crippen molar-refractivity contribution in [3.63, 3.8) is 0 Å². The SMILES string of the molecule is COc1ccc(-n2c(SCc3ccc(Cl)cc3Cl)nnc2-c2ccc(C(C)(C)C)cc2)cc1. The lowest BCUT2D eigenvalue weighted by Crippen LogP contribution is -2.10. The van der Waals surface area contributed by atoms with E-state index in [2.05, 4.69) is 59.8 Å². The molecule has 0 aliphatic carbocycles. The minimum atomic E-state index is 0.0844. The highest BCUT2D eigenvalue weighted by molar-refractivity contribution is 7.98.